The second-order valence-corrected chi connectivity index (χ2v) is 2.65. The Kier molecular flexibility index (Phi) is 3.52. The van der Waals surface area contributed by atoms with Crippen molar-refractivity contribution in [2.24, 2.45) is 0 Å². The van der Waals surface area contributed by atoms with E-state index < -0.39 is 24.3 Å². The Bertz CT molecular complexity index is 402. The Morgan fingerprint density at radius 1 is 1.67 bits per heavy atom. The Morgan fingerprint density at radius 3 is 2.73 bits per heavy atom. The van der Waals surface area contributed by atoms with Crippen molar-refractivity contribution >= 4 is 0 Å². The molecule has 1 aromatic heterocycles. The maximum atomic E-state index is 12.6. The molecular weight excluding hydrogens is 206 g/mol. The molecule has 1 N–H and O–H groups in total. The molecule has 0 amide bonds. The van der Waals surface area contributed by atoms with Gasteiger partial charge in [0.1, 0.15) is 11.8 Å². The van der Waals surface area contributed by atoms with Crippen LogP contribution in [0.4, 0.5) is 8.78 Å². The van der Waals surface area contributed by atoms with E-state index in [4.69, 9.17) is 15.1 Å². The maximum absolute atomic E-state index is 12.6. The molecule has 80 valence electrons. The van der Waals surface area contributed by atoms with Gasteiger partial charge in [0, 0.05) is 6.07 Å². The fraction of sp³-hybridized carbons (Fsp3) is 0.333. The highest BCUT2D eigenvalue weighted by Crippen LogP contribution is 2.31. The molecule has 0 saturated heterocycles. The third kappa shape index (κ3) is 2.19. The van der Waals surface area contributed by atoms with Crippen molar-refractivity contribution in [2.45, 2.75) is 13.0 Å². The smallest absolute Gasteiger partial charge is 0.270 e. The van der Waals surface area contributed by atoms with E-state index in [2.05, 4.69) is 4.98 Å². The van der Waals surface area contributed by atoms with Gasteiger partial charge < -0.3 is 9.84 Å². The number of nitrogens with zero attached hydrogens (tertiary/aromatic N) is 2. The van der Waals surface area contributed by atoms with Crippen molar-refractivity contribution in [3.63, 3.8) is 0 Å². The second-order valence-electron chi connectivity index (χ2n) is 2.65. The van der Waals surface area contributed by atoms with E-state index in [-0.39, 0.29) is 11.4 Å². The zero-order valence-electron chi connectivity index (χ0n) is 7.87. The van der Waals surface area contributed by atoms with Crippen LogP contribution in [0, 0.1) is 11.3 Å². The molecule has 0 bridgehead atoms. The number of nitriles is 1. The SMILES string of the molecule is COc1cc(CO)nc(C#N)c1C(F)F. The third-order valence-corrected chi connectivity index (χ3v) is 1.78. The van der Waals surface area contributed by atoms with Crippen molar-refractivity contribution in [1.82, 2.24) is 4.98 Å². The van der Waals surface area contributed by atoms with E-state index in [1.807, 2.05) is 0 Å². The summed E-state index contributed by atoms with van der Waals surface area (Å²) in [5.41, 5.74) is -0.849. The average Bonchev–Trinajstić information content (AvgIpc) is 2.26. The molecule has 0 saturated carbocycles. The van der Waals surface area contributed by atoms with Crippen molar-refractivity contribution in [3.05, 3.63) is 23.0 Å². The van der Waals surface area contributed by atoms with Gasteiger partial charge in [-0.25, -0.2) is 13.8 Å². The molecule has 1 rings (SSSR count). The van der Waals surface area contributed by atoms with Crippen molar-refractivity contribution in [2.75, 3.05) is 7.11 Å². The number of pyridine rings is 1. The van der Waals surface area contributed by atoms with Crippen molar-refractivity contribution in [1.29, 1.82) is 5.26 Å². The number of hydrogen-bond donors (Lipinski definition) is 1. The van der Waals surface area contributed by atoms with Crippen LogP contribution in [0.2, 0.25) is 0 Å². The quantitative estimate of drug-likeness (QED) is 0.825. The molecule has 0 spiro atoms. The summed E-state index contributed by atoms with van der Waals surface area (Å²) in [5.74, 6) is -0.138. The highest BCUT2D eigenvalue weighted by atomic mass is 19.3. The first-order valence-electron chi connectivity index (χ1n) is 4.01. The first kappa shape index (κ1) is 11.3. The fourth-order valence-electron chi connectivity index (χ4n) is 1.13. The van der Waals surface area contributed by atoms with Gasteiger partial charge >= 0.3 is 0 Å². The minimum atomic E-state index is -2.84. The van der Waals surface area contributed by atoms with Crippen LogP contribution in [0.5, 0.6) is 5.75 Å². The second kappa shape index (κ2) is 4.66. The topological polar surface area (TPSA) is 66.1 Å². The minimum Gasteiger partial charge on any atom is -0.496 e. The number of halogens is 2. The zero-order valence-corrected chi connectivity index (χ0v) is 7.87. The standard InChI is InChI=1S/C9H8F2N2O2/c1-15-7-2-5(4-14)13-6(3-12)8(7)9(10)11/h2,9,14H,4H2,1H3. The van der Waals surface area contributed by atoms with Gasteiger partial charge in [-0.1, -0.05) is 0 Å². The molecule has 0 aliphatic heterocycles. The number of rotatable bonds is 3. The lowest BCUT2D eigenvalue weighted by atomic mass is 10.1. The summed E-state index contributed by atoms with van der Waals surface area (Å²) >= 11 is 0. The van der Waals surface area contributed by atoms with Gasteiger partial charge in [0.05, 0.1) is 25.0 Å². The normalized spacial score (nSPS) is 10.1. The molecule has 0 fully saturated rings. The Morgan fingerprint density at radius 2 is 2.33 bits per heavy atom. The van der Waals surface area contributed by atoms with Crippen LogP contribution in [0.1, 0.15) is 23.4 Å². The number of aromatic nitrogens is 1. The lowest BCUT2D eigenvalue weighted by molar-refractivity contribution is 0.146. The molecule has 0 aliphatic rings. The Balaban J connectivity index is 3.41. The minimum absolute atomic E-state index is 0.118. The lowest BCUT2D eigenvalue weighted by Crippen LogP contribution is -2.02. The molecule has 1 aromatic rings. The summed E-state index contributed by atoms with van der Waals surface area (Å²) in [6.45, 7) is -0.436. The molecule has 6 heteroatoms. The highest BCUT2D eigenvalue weighted by Gasteiger charge is 2.21. The van der Waals surface area contributed by atoms with Gasteiger partial charge in [0.2, 0.25) is 0 Å². The van der Waals surface area contributed by atoms with Crippen molar-refractivity contribution < 1.29 is 18.6 Å². The summed E-state index contributed by atoms with van der Waals surface area (Å²) < 4.78 is 29.8. The molecule has 4 nitrogen and oxygen atoms in total. The van der Waals surface area contributed by atoms with Gasteiger partial charge in [-0.3, -0.25) is 0 Å². The first-order valence-corrected chi connectivity index (χ1v) is 4.01. The summed E-state index contributed by atoms with van der Waals surface area (Å²) in [4.78, 5) is 3.57. The third-order valence-electron chi connectivity index (χ3n) is 1.78. The maximum Gasteiger partial charge on any atom is 0.270 e. The number of alkyl halides is 2. The predicted molar refractivity (Wildman–Crippen MR) is 46.4 cm³/mol. The van der Waals surface area contributed by atoms with Crippen LogP contribution in [-0.2, 0) is 6.61 Å². The molecule has 0 aromatic carbocycles. The summed E-state index contributed by atoms with van der Waals surface area (Å²) in [5, 5.41) is 17.4. The number of ether oxygens (including phenoxy) is 1. The van der Waals surface area contributed by atoms with Gasteiger partial charge in [-0.15, -0.1) is 0 Å². The van der Waals surface area contributed by atoms with E-state index >= 15 is 0 Å². The first-order chi connectivity index (χ1) is 7.13. The lowest BCUT2D eigenvalue weighted by Gasteiger charge is -2.10. The van der Waals surface area contributed by atoms with E-state index in [1.54, 1.807) is 6.07 Å². The van der Waals surface area contributed by atoms with E-state index in [9.17, 15) is 8.78 Å². The van der Waals surface area contributed by atoms with Crippen molar-refractivity contribution in [3.8, 4) is 11.8 Å². The molecule has 1 heterocycles. The Labute approximate surface area is 84.7 Å². The van der Waals surface area contributed by atoms with Gasteiger partial charge in [0.25, 0.3) is 6.43 Å². The summed E-state index contributed by atoms with van der Waals surface area (Å²) in [6, 6.07) is 2.73. The van der Waals surface area contributed by atoms with Gasteiger partial charge in [0.15, 0.2) is 5.69 Å². The van der Waals surface area contributed by atoms with Crippen LogP contribution >= 0.6 is 0 Å². The molecule has 0 atom stereocenters. The largest absolute Gasteiger partial charge is 0.496 e. The fourth-order valence-corrected chi connectivity index (χ4v) is 1.13. The number of hydrogen-bond acceptors (Lipinski definition) is 4. The van der Waals surface area contributed by atoms with Crippen LogP contribution in [0.3, 0.4) is 0 Å². The number of methoxy groups -OCH3 is 1. The van der Waals surface area contributed by atoms with Crippen LogP contribution in [0.15, 0.2) is 6.07 Å². The van der Waals surface area contributed by atoms with Gasteiger partial charge in [-0.05, 0) is 0 Å². The number of aliphatic hydroxyl groups is 1. The van der Waals surface area contributed by atoms with Crippen LogP contribution in [-0.4, -0.2) is 17.2 Å². The van der Waals surface area contributed by atoms with E-state index in [0.717, 1.165) is 0 Å². The average molecular weight is 214 g/mol. The molecule has 0 radical (unpaired) electrons. The van der Waals surface area contributed by atoms with Crippen LogP contribution < -0.4 is 4.74 Å². The summed E-state index contributed by atoms with van der Waals surface area (Å²) in [7, 11) is 1.21. The molecule has 0 unspecified atom stereocenters. The number of aliphatic hydroxyl groups excluding tert-OH is 1. The van der Waals surface area contributed by atoms with E-state index in [0.29, 0.717) is 0 Å². The highest BCUT2D eigenvalue weighted by molar-refractivity contribution is 5.44. The predicted octanol–water partition coefficient (Wildman–Crippen LogP) is 1.39. The monoisotopic (exact) mass is 214 g/mol. The molecule has 15 heavy (non-hydrogen) atoms. The molecule has 0 aliphatic carbocycles. The zero-order chi connectivity index (χ0) is 11.4. The Hall–Kier alpha value is -1.74. The van der Waals surface area contributed by atoms with Crippen LogP contribution in [0.25, 0.3) is 0 Å². The molecular formula is C9H8F2N2O2. The van der Waals surface area contributed by atoms with E-state index in [1.165, 1.54) is 13.2 Å². The summed E-state index contributed by atoms with van der Waals surface area (Å²) in [6.07, 6.45) is -2.84. The van der Waals surface area contributed by atoms with Gasteiger partial charge in [-0.2, -0.15) is 5.26 Å².